The van der Waals surface area contributed by atoms with Crippen LogP contribution >= 0.6 is 12.2 Å². The van der Waals surface area contributed by atoms with Gasteiger partial charge in [-0.1, -0.05) is 30.3 Å². The Hall–Kier alpha value is -1.13. The molecule has 108 valence electrons. The molecule has 1 aromatic carbocycles. The van der Waals surface area contributed by atoms with Crippen LogP contribution in [0.15, 0.2) is 30.3 Å². The normalized spacial score (nSPS) is 26.4. The summed E-state index contributed by atoms with van der Waals surface area (Å²) in [4.78, 5) is 4.94. The van der Waals surface area contributed by atoms with Gasteiger partial charge in [0.05, 0.1) is 0 Å². The fourth-order valence-electron chi connectivity index (χ4n) is 3.55. The number of nitrogens with one attached hydrogen (secondary N) is 1. The van der Waals surface area contributed by atoms with E-state index in [4.69, 9.17) is 12.2 Å². The van der Waals surface area contributed by atoms with E-state index in [1.54, 1.807) is 0 Å². The Morgan fingerprint density at radius 3 is 2.70 bits per heavy atom. The highest BCUT2D eigenvalue weighted by Crippen LogP contribution is 2.31. The number of nitrogens with zero attached hydrogens (tertiary/aromatic N) is 2. The maximum Gasteiger partial charge on any atom is 0.168 e. The van der Waals surface area contributed by atoms with Gasteiger partial charge < -0.3 is 10.2 Å². The van der Waals surface area contributed by atoms with Crippen LogP contribution in [0, 0.1) is 11.8 Å². The first-order valence-electron chi connectivity index (χ1n) is 7.49. The van der Waals surface area contributed by atoms with Gasteiger partial charge >= 0.3 is 0 Å². The van der Waals surface area contributed by atoms with Gasteiger partial charge in [0.15, 0.2) is 5.11 Å². The number of fused-ring (bicyclic) bond motifs is 1. The molecule has 1 aromatic rings. The average molecular weight is 289 g/mol. The third-order valence-corrected chi connectivity index (χ3v) is 5.10. The molecule has 20 heavy (non-hydrogen) atoms. The molecular weight excluding hydrogens is 266 g/mol. The Balaban J connectivity index is 1.57. The summed E-state index contributed by atoms with van der Waals surface area (Å²) in [5.41, 5.74) is 1.42. The Labute approximate surface area is 126 Å². The summed E-state index contributed by atoms with van der Waals surface area (Å²) in [5.74, 6) is 1.60. The highest BCUT2D eigenvalue weighted by Gasteiger charge is 2.37. The maximum absolute atomic E-state index is 5.37. The minimum absolute atomic E-state index is 0.777. The van der Waals surface area contributed by atoms with E-state index in [2.05, 4.69) is 45.4 Å². The first kappa shape index (κ1) is 13.8. The molecule has 2 atom stereocenters. The van der Waals surface area contributed by atoms with Crippen LogP contribution in [-0.4, -0.2) is 48.1 Å². The van der Waals surface area contributed by atoms with Gasteiger partial charge in [-0.2, -0.15) is 0 Å². The molecule has 3 nitrogen and oxygen atoms in total. The minimum atomic E-state index is 0.777. The molecule has 2 heterocycles. The van der Waals surface area contributed by atoms with E-state index in [1.165, 1.54) is 25.1 Å². The monoisotopic (exact) mass is 289 g/mol. The third kappa shape index (κ3) is 2.96. The second-order valence-electron chi connectivity index (χ2n) is 5.99. The van der Waals surface area contributed by atoms with E-state index in [9.17, 15) is 0 Å². The molecule has 1 N–H and O–H groups in total. The van der Waals surface area contributed by atoms with E-state index in [-0.39, 0.29) is 0 Å². The van der Waals surface area contributed by atoms with Crippen LogP contribution in [0.4, 0.5) is 0 Å². The number of piperidine rings is 1. The maximum atomic E-state index is 5.37. The molecule has 2 fully saturated rings. The Morgan fingerprint density at radius 2 is 1.95 bits per heavy atom. The Bertz CT molecular complexity index is 462. The highest BCUT2D eigenvalue weighted by atomic mass is 32.1. The SMILES string of the molecule is CNC(=S)N1CC2CCN(Cc3ccccc3)CC2C1. The van der Waals surface area contributed by atoms with Crippen LogP contribution in [-0.2, 0) is 6.54 Å². The van der Waals surface area contributed by atoms with Gasteiger partial charge in [0.2, 0.25) is 0 Å². The number of benzene rings is 1. The van der Waals surface area contributed by atoms with Crippen LogP contribution in [0.3, 0.4) is 0 Å². The number of hydrogen-bond acceptors (Lipinski definition) is 2. The quantitative estimate of drug-likeness (QED) is 0.839. The molecule has 0 radical (unpaired) electrons. The highest BCUT2D eigenvalue weighted by molar-refractivity contribution is 7.80. The molecule has 2 saturated heterocycles. The topological polar surface area (TPSA) is 18.5 Å². The fourth-order valence-corrected chi connectivity index (χ4v) is 3.70. The summed E-state index contributed by atoms with van der Waals surface area (Å²) < 4.78 is 0. The van der Waals surface area contributed by atoms with Crippen molar-refractivity contribution < 1.29 is 0 Å². The molecule has 0 amide bonds. The van der Waals surface area contributed by atoms with E-state index in [1.807, 2.05) is 7.05 Å². The van der Waals surface area contributed by atoms with Crippen LogP contribution < -0.4 is 5.32 Å². The summed E-state index contributed by atoms with van der Waals surface area (Å²) in [6, 6.07) is 10.8. The molecule has 0 aliphatic carbocycles. The zero-order valence-electron chi connectivity index (χ0n) is 12.1. The van der Waals surface area contributed by atoms with Crippen molar-refractivity contribution >= 4 is 17.3 Å². The van der Waals surface area contributed by atoms with Crippen molar-refractivity contribution in [1.29, 1.82) is 0 Å². The lowest BCUT2D eigenvalue weighted by atomic mass is 9.88. The largest absolute Gasteiger partial charge is 0.366 e. The van der Waals surface area contributed by atoms with E-state index in [0.717, 1.165) is 36.6 Å². The molecule has 0 saturated carbocycles. The van der Waals surface area contributed by atoms with E-state index >= 15 is 0 Å². The molecule has 4 heteroatoms. The van der Waals surface area contributed by atoms with Gasteiger partial charge in [-0.05, 0) is 42.6 Å². The van der Waals surface area contributed by atoms with Gasteiger partial charge in [-0.15, -0.1) is 0 Å². The second-order valence-corrected chi connectivity index (χ2v) is 6.38. The van der Waals surface area contributed by atoms with Crippen molar-refractivity contribution in [1.82, 2.24) is 15.1 Å². The first-order chi connectivity index (χ1) is 9.76. The van der Waals surface area contributed by atoms with Gasteiger partial charge in [0.25, 0.3) is 0 Å². The molecular formula is C16H23N3S. The van der Waals surface area contributed by atoms with Crippen molar-refractivity contribution in [2.24, 2.45) is 11.8 Å². The number of likely N-dealkylation sites (tertiary alicyclic amines) is 2. The molecule has 0 aromatic heterocycles. The van der Waals surface area contributed by atoms with Crippen molar-refractivity contribution in [2.45, 2.75) is 13.0 Å². The lowest BCUT2D eigenvalue weighted by molar-refractivity contribution is 0.142. The van der Waals surface area contributed by atoms with Gasteiger partial charge in [0.1, 0.15) is 0 Å². The first-order valence-corrected chi connectivity index (χ1v) is 7.90. The zero-order valence-corrected chi connectivity index (χ0v) is 12.9. The minimum Gasteiger partial charge on any atom is -0.366 e. The van der Waals surface area contributed by atoms with E-state index < -0.39 is 0 Å². The van der Waals surface area contributed by atoms with Crippen molar-refractivity contribution in [2.75, 3.05) is 33.2 Å². The Kier molecular flexibility index (Phi) is 4.22. The van der Waals surface area contributed by atoms with Crippen LogP contribution in [0.5, 0.6) is 0 Å². The third-order valence-electron chi connectivity index (χ3n) is 4.64. The summed E-state index contributed by atoms with van der Waals surface area (Å²) in [5, 5.41) is 4.02. The van der Waals surface area contributed by atoms with Crippen LogP contribution in [0.2, 0.25) is 0 Å². The molecule has 0 spiro atoms. The lowest BCUT2D eigenvalue weighted by Gasteiger charge is -2.34. The molecule has 0 bridgehead atoms. The number of rotatable bonds is 2. The summed E-state index contributed by atoms with van der Waals surface area (Å²) in [7, 11) is 1.92. The molecule has 2 aliphatic rings. The smallest absolute Gasteiger partial charge is 0.168 e. The summed E-state index contributed by atoms with van der Waals surface area (Å²) >= 11 is 5.37. The predicted octanol–water partition coefficient (Wildman–Crippen LogP) is 1.94. The van der Waals surface area contributed by atoms with Gasteiger partial charge in [-0.25, -0.2) is 0 Å². The predicted molar refractivity (Wildman–Crippen MR) is 86.5 cm³/mol. The standard InChI is InChI=1S/C16H23N3S/c1-17-16(20)19-11-14-7-8-18(10-15(14)12-19)9-13-5-3-2-4-6-13/h2-6,14-15H,7-12H2,1H3,(H,17,20). The molecule has 3 rings (SSSR count). The van der Waals surface area contributed by atoms with Gasteiger partial charge in [0, 0.05) is 33.2 Å². The fraction of sp³-hybridized carbons (Fsp3) is 0.562. The average Bonchev–Trinajstić information content (AvgIpc) is 2.90. The molecule has 2 unspecified atom stereocenters. The summed E-state index contributed by atoms with van der Waals surface area (Å²) in [6.07, 6.45) is 1.31. The van der Waals surface area contributed by atoms with Crippen molar-refractivity contribution in [3.8, 4) is 0 Å². The molecule has 2 aliphatic heterocycles. The van der Waals surface area contributed by atoms with Gasteiger partial charge in [-0.3, -0.25) is 4.90 Å². The number of thiocarbonyl (C=S) groups is 1. The zero-order chi connectivity index (χ0) is 13.9. The lowest BCUT2D eigenvalue weighted by Crippen LogP contribution is -2.39. The van der Waals surface area contributed by atoms with Crippen LogP contribution in [0.25, 0.3) is 0 Å². The second kappa shape index (κ2) is 6.10. The summed E-state index contributed by atoms with van der Waals surface area (Å²) in [6.45, 7) is 5.78. The Morgan fingerprint density at radius 1 is 1.20 bits per heavy atom. The number of hydrogen-bond donors (Lipinski definition) is 1. The van der Waals surface area contributed by atoms with Crippen LogP contribution in [0.1, 0.15) is 12.0 Å². The van der Waals surface area contributed by atoms with E-state index in [0.29, 0.717) is 0 Å². The van der Waals surface area contributed by atoms with Crippen molar-refractivity contribution in [3.05, 3.63) is 35.9 Å². The van der Waals surface area contributed by atoms with Crippen molar-refractivity contribution in [3.63, 3.8) is 0 Å².